The number of nitrogens with zero attached hydrogens (tertiary/aromatic N) is 1. The van der Waals surface area contributed by atoms with E-state index in [-0.39, 0.29) is 0 Å². The van der Waals surface area contributed by atoms with Crippen molar-refractivity contribution in [3.8, 4) is 5.75 Å². The van der Waals surface area contributed by atoms with E-state index in [1.807, 2.05) is 44.4 Å². The molecule has 2 aromatic carbocycles. The predicted molar refractivity (Wildman–Crippen MR) is 85.9 cm³/mol. The van der Waals surface area contributed by atoms with Gasteiger partial charge < -0.3 is 9.64 Å². The van der Waals surface area contributed by atoms with E-state index in [4.69, 9.17) is 4.74 Å². The number of hydrogen-bond donors (Lipinski definition) is 0. The summed E-state index contributed by atoms with van der Waals surface area (Å²) in [7, 11) is 4.08. The maximum atomic E-state index is 5.67. The van der Waals surface area contributed by atoms with Crippen molar-refractivity contribution < 1.29 is 4.74 Å². The van der Waals surface area contributed by atoms with Crippen molar-refractivity contribution in [2.75, 3.05) is 27.2 Å². The third-order valence-corrected chi connectivity index (χ3v) is 2.96. The maximum absolute atomic E-state index is 5.67. The summed E-state index contributed by atoms with van der Waals surface area (Å²) in [5.74, 6) is 0.920. The highest BCUT2D eigenvalue weighted by Gasteiger charge is 1.95. The van der Waals surface area contributed by atoms with Crippen molar-refractivity contribution in [3.05, 3.63) is 65.7 Å². The summed E-state index contributed by atoms with van der Waals surface area (Å²) in [5.41, 5.74) is 2.38. The lowest BCUT2D eigenvalue weighted by Gasteiger charge is -2.10. The van der Waals surface area contributed by atoms with Gasteiger partial charge >= 0.3 is 0 Å². The summed E-state index contributed by atoms with van der Waals surface area (Å²) < 4.78 is 5.67. The zero-order valence-electron chi connectivity index (χ0n) is 12.1. The largest absolute Gasteiger partial charge is 0.492 e. The Kier molecular flexibility index (Phi) is 5.39. The number of likely N-dealkylation sites (N-methyl/N-ethyl adjacent to an activating group) is 1. The summed E-state index contributed by atoms with van der Waals surface area (Å²) in [6, 6.07) is 18.5. The third-order valence-electron chi connectivity index (χ3n) is 2.96. The van der Waals surface area contributed by atoms with Crippen LogP contribution in [0.3, 0.4) is 0 Å². The Morgan fingerprint density at radius 3 is 2.05 bits per heavy atom. The molecule has 0 amide bonds. The minimum absolute atomic E-state index is 0.714. The van der Waals surface area contributed by atoms with Crippen molar-refractivity contribution in [1.82, 2.24) is 4.90 Å². The number of hydrogen-bond acceptors (Lipinski definition) is 2. The standard InChI is InChI=1S/C18H21NO/c1-19(2)14-15-20-18-12-10-17(11-13-18)9-8-16-6-4-3-5-7-16/h3-13H,14-15H2,1-2H3/b9-8+. The second kappa shape index (κ2) is 7.51. The van der Waals surface area contributed by atoms with Gasteiger partial charge in [0.15, 0.2) is 0 Å². The van der Waals surface area contributed by atoms with Crippen LogP contribution in [-0.4, -0.2) is 32.1 Å². The lowest BCUT2D eigenvalue weighted by molar-refractivity contribution is 0.261. The predicted octanol–water partition coefficient (Wildman–Crippen LogP) is 3.80. The van der Waals surface area contributed by atoms with Crippen molar-refractivity contribution in [1.29, 1.82) is 0 Å². The van der Waals surface area contributed by atoms with Crippen LogP contribution in [0.4, 0.5) is 0 Å². The molecule has 2 nitrogen and oxygen atoms in total. The van der Waals surface area contributed by atoms with E-state index in [1.165, 1.54) is 11.1 Å². The molecule has 0 aliphatic heterocycles. The van der Waals surface area contributed by atoms with Crippen LogP contribution >= 0.6 is 0 Å². The molecular formula is C18H21NO. The topological polar surface area (TPSA) is 12.5 Å². The Balaban J connectivity index is 1.90. The van der Waals surface area contributed by atoms with Gasteiger partial charge in [-0.3, -0.25) is 0 Å². The van der Waals surface area contributed by atoms with Crippen LogP contribution < -0.4 is 4.74 Å². The van der Waals surface area contributed by atoms with E-state index in [0.29, 0.717) is 6.61 Å². The first kappa shape index (κ1) is 14.4. The highest BCUT2D eigenvalue weighted by atomic mass is 16.5. The van der Waals surface area contributed by atoms with Gasteiger partial charge in [-0.2, -0.15) is 0 Å². The number of benzene rings is 2. The van der Waals surface area contributed by atoms with Gasteiger partial charge in [0.05, 0.1) is 0 Å². The van der Waals surface area contributed by atoms with Crippen molar-refractivity contribution in [2.45, 2.75) is 0 Å². The zero-order valence-corrected chi connectivity index (χ0v) is 12.1. The van der Waals surface area contributed by atoms with Gasteiger partial charge in [0.1, 0.15) is 12.4 Å². The molecule has 0 unspecified atom stereocenters. The molecule has 0 heterocycles. The molecule has 2 heteroatoms. The molecule has 0 aromatic heterocycles. The Morgan fingerprint density at radius 2 is 1.45 bits per heavy atom. The van der Waals surface area contributed by atoms with E-state index >= 15 is 0 Å². The van der Waals surface area contributed by atoms with E-state index < -0.39 is 0 Å². The van der Waals surface area contributed by atoms with Crippen molar-refractivity contribution >= 4 is 12.2 Å². The SMILES string of the molecule is CN(C)CCOc1ccc(/C=C/c2ccccc2)cc1. The summed E-state index contributed by atoms with van der Waals surface area (Å²) in [5, 5.41) is 0. The fourth-order valence-electron chi connectivity index (χ4n) is 1.78. The van der Waals surface area contributed by atoms with E-state index in [1.54, 1.807) is 0 Å². The second-order valence-electron chi connectivity index (χ2n) is 4.96. The molecule has 0 aliphatic carbocycles. The number of ether oxygens (including phenoxy) is 1. The lowest BCUT2D eigenvalue weighted by Crippen LogP contribution is -2.19. The smallest absolute Gasteiger partial charge is 0.119 e. The molecule has 0 spiro atoms. The molecule has 0 fully saturated rings. The molecule has 20 heavy (non-hydrogen) atoms. The summed E-state index contributed by atoms with van der Waals surface area (Å²) in [4.78, 5) is 2.11. The Morgan fingerprint density at radius 1 is 0.850 bits per heavy atom. The molecule has 0 atom stereocenters. The monoisotopic (exact) mass is 267 g/mol. The van der Waals surface area contributed by atoms with Gasteiger partial charge in [0.25, 0.3) is 0 Å². The van der Waals surface area contributed by atoms with Crippen LogP contribution in [0.5, 0.6) is 5.75 Å². The average molecular weight is 267 g/mol. The highest BCUT2D eigenvalue weighted by molar-refractivity contribution is 5.69. The number of rotatable bonds is 6. The fourth-order valence-corrected chi connectivity index (χ4v) is 1.78. The molecule has 0 aliphatic rings. The summed E-state index contributed by atoms with van der Waals surface area (Å²) >= 11 is 0. The van der Waals surface area contributed by atoms with Gasteiger partial charge in [-0.25, -0.2) is 0 Å². The second-order valence-corrected chi connectivity index (χ2v) is 4.96. The molecule has 104 valence electrons. The van der Waals surface area contributed by atoms with Crippen LogP contribution in [0.2, 0.25) is 0 Å². The van der Waals surface area contributed by atoms with E-state index in [9.17, 15) is 0 Å². The van der Waals surface area contributed by atoms with Crippen LogP contribution in [0, 0.1) is 0 Å². The Labute approximate surface area is 121 Å². The summed E-state index contributed by atoms with van der Waals surface area (Å²) in [6.45, 7) is 1.64. The van der Waals surface area contributed by atoms with Gasteiger partial charge in [0.2, 0.25) is 0 Å². The van der Waals surface area contributed by atoms with Gasteiger partial charge in [-0.15, -0.1) is 0 Å². The van der Waals surface area contributed by atoms with Crippen LogP contribution in [0.25, 0.3) is 12.2 Å². The van der Waals surface area contributed by atoms with Gasteiger partial charge in [0, 0.05) is 6.54 Å². The first-order chi connectivity index (χ1) is 9.74. The molecule has 2 rings (SSSR count). The quantitative estimate of drug-likeness (QED) is 0.738. The van der Waals surface area contributed by atoms with Crippen LogP contribution in [-0.2, 0) is 0 Å². The van der Waals surface area contributed by atoms with Crippen LogP contribution in [0.1, 0.15) is 11.1 Å². The maximum Gasteiger partial charge on any atom is 0.119 e. The molecular weight excluding hydrogens is 246 g/mol. The zero-order chi connectivity index (χ0) is 14.2. The Hall–Kier alpha value is -2.06. The minimum Gasteiger partial charge on any atom is -0.492 e. The first-order valence-electron chi connectivity index (χ1n) is 6.85. The van der Waals surface area contributed by atoms with Crippen molar-refractivity contribution in [3.63, 3.8) is 0 Å². The highest BCUT2D eigenvalue weighted by Crippen LogP contribution is 2.14. The van der Waals surface area contributed by atoms with Gasteiger partial charge in [-0.1, -0.05) is 54.6 Å². The molecule has 0 bridgehead atoms. The minimum atomic E-state index is 0.714. The van der Waals surface area contributed by atoms with E-state index in [0.717, 1.165) is 12.3 Å². The molecule has 0 radical (unpaired) electrons. The summed E-state index contributed by atoms with van der Waals surface area (Å²) in [6.07, 6.45) is 4.22. The average Bonchev–Trinajstić information content (AvgIpc) is 2.47. The molecule has 2 aromatic rings. The van der Waals surface area contributed by atoms with E-state index in [2.05, 4.69) is 41.3 Å². The first-order valence-corrected chi connectivity index (χ1v) is 6.85. The van der Waals surface area contributed by atoms with Crippen LogP contribution in [0.15, 0.2) is 54.6 Å². The third kappa shape index (κ3) is 4.90. The lowest BCUT2D eigenvalue weighted by atomic mass is 10.1. The normalized spacial score (nSPS) is 11.2. The fraction of sp³-hybridized carbons (Fsp3) is 0.222. The Bertz CT molecular complexity index is 529. The molecule has 0 saturated carbocycles. The van der Waals surface area contributed by atoms with Gasteiger partial charge in [-0.05, 0) is 37.4 Å². The molecule has 0 saturated heterocycles. The van der Waals surface area contributed by atoms with Crippen molar-refractivity contribution in [2.24, 2.45) is 0 Å². The molecule has 0 N–H and O–H groups in total.